The number of urea groups is 1. The van der Waals surface area contributed by atoms with Crippen LogP contribution in [0.2, 0.25) is 5.02 Å². The van der Waals surface area contributed by atoms with Crippen molar-refractivity contribution in [3.05, 3.63) is 29.3 Å². The zero-order valence-corrected chi connectivity index (χ0v) is 14.5. The first kappa shape index (κ1) is 18.0. The van der Waals surface area contributed by atoms with Gasteiger partial charge in [0.05, 0.1) is 6.10 Å². The Morgan fingerprint density at radius 3 is 2.74 bits per heavy atom. The molecule has 1 heterocycles. The van der Waals surface area contributed by atoms with Gasteiger partial charge in [0.2, 0.25) is 0 Å². The number of aliphatic hydroxyl groups excluding tert-OH is 1. The molecule has 23 heavy (non-hydrogen) atoms. The number of piperazine rings is 1. The maximum Gasteiger partial charge on any atom is 0.321 e. The van der Waals surface area contributed by atoms with E-state index in [1.54, 1.807) is 31.3 Å². The average molecular weight is 341 g/mol. The normalized spacial score (nSPS) is 17.7. The van der Waals surface area contributed by atoms with Crippen LogP contribution in [0.25, 0.3) is 0 Å². The number of nitrogens with one attached hydrogen (secondary N) is 1. The van der Waals surface area contributed by atoms with Crippen molar-refractivity contribution in [1.29, 1.82) is 0 Å². The SMILES string of the molecule is CN1CCN(C[C@@H](O)CN(C)C(=O)Nc2cccc(Cl)c2)CC1. The van der Waals surface area contributed by atoms with Gasteiger partial charge in [0.1, 0.15) is 0 Å². The van der Waals surface area contributed by atoms with Crippen LogP contribution in [0, 0.1) is 0 Å². The van der Waals surface area contributed by atoms with Gasteiger partial charge in [-0.1, -0.05) is 17.7 Å². The molecular weight excluding hydrogens is 316 g/mol. The lowest BCUT2D eigenvalue weighted by molar-refractivity contribution is 0.0670. The third-order valence-corrected chi connectivity index (χ3v) is 4.21. The van der Waals surface area contributed by atoms with E-state index in [1.807, 2.05) is 0 Å². The number of likely N-dealkylation sites (N-methyl/N-ethyl adjacent to an activating group) is 2. The largest absolute Gasteiger partial charge is 0.390 e. The van der Waals surface area contributed by atoms with E-state index in [9.17, 15) is 9.90 Å². The van der Waals surface area contributed by atoms with E-state index in [1.165, 1.54) is 4.90 Å². The van der Waals surface area contributed by atoms with Gasteiger partial charge in [0.15, 0.2) is 0 Å². The van der Waals surface area contributed by atoms with Crippen LogP contribution in [0.15, 0.2) is 24.3 Å². The molecule has 2 rings (SSSR count). The molecule has 6 nitrogen and oxygen atoms in total. The molecule has 0 aliphatic carbocycles. The maximum atomic E-state index is 12.1. The molecule has 0 saturated carbocycles. The summed E-state index contributed by atoms with van der Waals surface area (Å²) in [6.07, 6.45) is -0.562. The Hall–Kier alpha value is -1.34. The predicted octanol–water partition coefficient (Wildman–Crippen LogP) is 1.41. The molecule has 128 valence electrons. The molecule has 0 spiro atoms. The molecule has 1 aliphatic rings. The Morgan fingerprint density at radius 2 is 2.09 bits per heavy atom. The quantitative estimate of drug-likeness (QED) is 0.851. The molecule has 0 unspecified atom stereocenters. The summed E-state index contributed by atoms with van der Waals surface area (Å²) in [6, 6.07) is 6.73. The number of carbonyl (C=O) groups is 1. The standard InChI is InChI=1S/C16H25ClN4O2/c1-19-6-8-21(9-7-19)12-15(22)11-20(2)16(23)18-14-5-3-4-13(17)10-14/h3-5,10,15,22H,6-9,11-12H2,1-2H3,(H,18,23)/t15-/m0/s1. The van der Waals surface area contributed by atoms with Crippen LogP contribution in [0.1, 0.15) is 0 Å². The van der Waals surface area contributed by atoms with Crippen LogP contribution < -0.4 is 5.32 Å². The Labute approximate surface area is 142 Å². The smallest absolute Gasteiger partial charge is 0.321 e. The highest BCUT2D eigenvalue weighted by Crippen LogP contribution is 2.15. The third-order valence-electron chi connectivity index (χ3n) is 3.97. The fraction of sp³-hybridized carbons (Fsp3) is 0.562. The minimum atomic E-state index is -0.562. The van der Waals surface area contributed by atoms with E-state index in [0.29, 0.717) is 23.8 Å². The van der Waals surface area contributed by atoms with E-state index in [4.69, 9.17) is 11.6 Å². The minimum absolute atomic E-state index is 0.260. The average Bonchev–Trinajstić information content (AvgIpc) is 2.49. The summed E-state index contributed by atoms with van der Waals surface area (Å²) < 4.78 is 0. The van der Waals surface area contributed by atoms with E-state index in [-0.39, 0.29) is 6.03 Å². The highest BCUT2D eigenvalue weighted by atomic mass is 35.5. The molecule has 0 radical (unpaired) electrons. The van der Waals surface area contributed by atoms with E-state index in [2.05, 4.69) is 22.2 Å². The summed E-state index contributed by atoms with van der Waals surface area (Å²) in [7, 11) is 3.77. The topological polar surface area (TPSA) is 59.1 Å². The van der Waals surface area contributed by atoms with Gasteiger partial charge in [-0.25, -0.2) is 4.79 Å². The Bertz CT molecular complexity index is 521. The third kappa shape index (κ3) is 5.99. The van der Waals surface area contributed by atoms with Crippen molar-refractivity contribution in [3.8, 4) is 0 Å². The molecule has 1 fully saturated rings. The number of β-amino-alcohol motifs (C(OH)–C–C–N with tert-alkyl or cyclic N) is 1. The Balaban J connectivity index is 1.76. The van der Waals surface area contributed by atoms with Gasteiger partial charge in [-0.2, -0.15) is 0 Å². The first-order chi connectivity index (χ1) is 10.9. The number of nitrogens with zero attached hydrogens (tertiary/aromatic N) is 3. The van der Waals surface area contributed by atoms with Crippen LogP contribution in [-0.4, -0.2) is 85.3 Å². The molecule has 0 bridgehead atoms. The van der Waals surface area contributed by atoms with Gasteiger partial charge in [-0.15, -0.1) is 0 Å². The molecule has 1 saturated heterocycles. The molecule has 1 aliphatic heterocycles. The zero-order chi connectivity index (χ0) is 16.8. The number of amides is 2. The van der Waals surface area contributed by atoms with Crippen molar-refractivity contribution in [3.63, 3.8) is 0 Å². The molecule has 1 aromatic carbocycles. The van der Waals surface area contributed by atoms with Gasteiger partial charge in [0.25, 0.3) is 0 Å². The summed E-state index contributed by atoms with van der Waals surface area (Å²) >= 11 is 5.90. The Morgan fingerprint density at radius 1 is 1.39 bits per heavy atom. The fourth-order valence-electron chi connectivity index (χ4n) is 2.57. The van der Waals surface area contributed by atoms with E-state index >= 15 is 0 Å². The highest BCUT2D eigenvalue weighted by molar-refractivity contribution is 6.30. The lowest BCUT2D eigenvalue weighted by Crippen LogP contribution is -2.49. The lowest BCUT2D eigenvalue weighted by Gasteiger charge is -2.34. The molecule has 7 heteroatoms. The van der Waals surface area contributed by atoms with Crippen molar-refractivity contribution in [2.24, 2.45) is 0 Å². The van der Waals surface area contributed by atoms with Gasteiger partial charge < -0.3 is 20.2 Å². The Kier molecular flexibility index (Phi) is 6.65. The second-order valence-electron chi connectivity index (χ2n) is 6.08. The van der Waals surface area contributed by atoms with Crippen molar-refractivity contribution in [2.75, 3.05) is 58.7 Å². The van der Waals surface area contributed by atoms with Gasteiger partial charge in [-0.3, -0.25) is 4.90 Å². The molecule has 0 aromatic heterocycles. The number of aliphatic hydroxyl groups is 1. The fourth-order valence-corrected chi connectivity index (χ4v) is 2.76. The summed E-state index contributed by atoms with van der Waals surface area (Å²) in [5.74, 6) is 0. The monoisotopic (exact) mass is 340 g/mol. The number of halogens is 1. The van der Waals surface area contributed by atoms with Crippen molar-refractivity contribution >= 4 is 23.3 Å². The van der Waals surface area contributed by atoms with Crippen LogP contribution in [0.5, 0.6) is 0 Å². The number of carbonyl (C=O) groups excluding carboxylic acids is 1. The lowest BCUT2D eigenvalue weighted by atomic mass is 10.2. The highest BCUT2D eigenvalue weighted by Gasteiger charge is 2.19. The maximum absolute atomic E-state index is 12.1. The molecule has 2 N–H and O–H groups in total. The number of hydrogen-bond acceptors (Lipinski definition) is 4. The number of anilines is 1. The van der Waals surface area contributed by atoms with Gasteiger partial charge >= 0.3 is 6.03 Å². The first-order valence-corrected chi connectivity index (χ1v) is 8.18. The van der Waals surface area contributed by atoms with Crippen LogP contribution in [-0.2, 0) is 0 Å². The number of benzene rings is 1. The molecule has 1 atom stereocenters. The van der Waals surface area contributed by atoms with E-state index < -0.39 is 6.10 Å². The van der Waals surface area contributed by atoms with Crippen LogP contribution in [0.3, 0.4) is 0 Å². The zero-order valence-electron chi connectivity index (χ0n) is 13.7. The first-order valence-electron chi connectivity index (χ1n) is 7.80. The van der Waals surface area contributed by atoms with Crippen LogP contribution in [0.4, 0.5) is 10.5 Å². The summed E-state index contributed by atoms with van der Waals surface area (Å²) in [6.45, 7) is 4.80. The molecular formula is C16H25ClN4O2. The van der Waals surface area contributed by atoms with Crippen LogP contribution >= 0.6 is 11.6 Å². The summed E-state index contributed by atoms with van der Waals surface area (Å²) in [4.78, 5) is 18.1. The van der Waals surface area contributed by atoms with Gasteiger partial charge in [0, 0.05) is 57.0 Å². The minimum Gasteiger partial charge on any atom is -0.390 e. The van der Waals surface area contributed by atoms with E-state index in [0.717, 1.165) is 26.2 Å². The van der Waals surface area contributed by atoms with Crippen molar-refractivity contribution in [1.82, 2.24) is 14.7 Å². The van der Waals surface area contributed by atoms with Crippen molar-refractivity contribution < 1.29 is 9.90 Å². The molecule has 2 amide bonds. The predicted molar refractivity (Wildman–Crippen MR) is 93.0 cm³/mol. The summed E-state index contributed by atoms with van der Waals surface area (Å²) in [5.41, 5.74) is 0.642. The second-order valence-corrected chi connectivity index (χ2v) is 6.52. The summed E-state index contributed by atoms with van der Waals surface area (Å²) in [5, 5.41) is 13.5. The van der Waals surface area contributed by atoms with Crippen molar-refractivity contribution in [2.45, 2.75) is 6.10 Å². The van der Waals surface area contributed by atoms with Gasteiger partial charge in [-0.05, 0) is 25.2 Å². The second kappa shape index (κ2) is 8.49. The number of rotatable bonds is 5. The number of hydrogen-bond donors (Lipinski definition) is 2. The molecule has 1 aromatic rings.